The number of fused-ring (bicyclic) bond motifs is 1. The van der Waals surface area contributed by atoms with Crippen LogP contribution in [-0.4, -0.2) is 47.2 Å². The number of hydrogen-bond donors (Lipinski definition) is 1. The molecule has 1 aliphatic heterocycles. The van der Waals surface area contributed by atoms with E-state index >= 15 is 0 Å². The topological polar surface area (TPSA) is 98.1 Å². The summed E-state index contributed by atoms with van der Waals surface area (Å²) in [4.78, 5) is 29.5. The summed E-state index contributed by atoms with van der Waals surface area (Å²) in [7, 11) is -3.12. The summed E-state index contributed by atoms with van der Waals surface area (Å²) in [5, 5.41) is 3.36. The van der Waals surface area contributed by atoms with Crippen LogP contribution in [0.25, 0.3) is 10.9 Å². The van der Waals surface area contributed by atoms with Crippen LogP contribution in [0.3, 0.4) is 0 Å². The lowest BCUT2D eigenvalue weighted by molar-refractivity contribution is -0.122. The summed E-state index contributed by atoms with van der Waals surface area (Å²) in [5.41, 5.74) is 1.01. The second-order valence-electron chi connectivity index (χ2n) is 7.17. The average Bonchev–Trinajstić information content (AvgIpc) is 3.22. The smallest absolute Gasteiger partial charge is 0.240 e. The number of aromatic nitrogens is 2. The highest BCUT2D eigenvalue weighted by atomic mass is 35.5. The third-order valence-corrected chi connectivity index (χ3v) is 7.05. The molecule has 0 radical (unpaired) electrons. The van der Waals surface area contributed by atoms with Crippen LogP contribution < -0.4 is 5.32 Å². The molecule has 1 amide bonds. The van der Waals surface area contributed by atoms with Crippen molar-refractivity contribution < 1.29 is 22.4 Å². The number of carbonyl (C=O) groups excluding carboxylic acids is 2. The van der Waals surface area contributed by atoms with E-state index in [0.717, 1.165) is 0 Å². The molecule has 1 aromatic carbocycles. The Kier molecular flexibility index (Phi) is 5.33. The standard InChI is InChI=1S/C20H17ClFN3O4S/c21-20-18-15(5-7-23-20)16(19(27)12-1-3-13(22)4-2-12)9-25(18)10-17(26)24-14-6-8-30(28,29)11-14/h1-5,7,9,14H,6,8,10-11H2,(H,24,26). The van der Waals surface area contributed by atoms with Crippen LogP contribution in [0.4, 0.5) is 4.39 Å². The number of sulfone groups is 1. The Morgan fingerprint density at radius 1 is 1.23 bits per heavy atom. The summed E-state index contributed by atoms with van der Waals surface area (Å²) >= 11 is 6.23. The van der Waals surface area contributed by atoms with Crippen LogP contribution in [0, 0.1) is 5.82 Å². The van der Waals surface area contributed by atoms with Crippen molar-refractivity contribution in [3.63, 3.8) is 0 Å². The fourth-order valence-corrected chi connectivity index (χ4v) is 5.55. The Bertz CT molecular complexity index is 1260. The minimum absolute atomic E-state index is 0.0520. The molecule has 1 saturated heterocycles. The van der Waals surface area contributed by atoms with Gasteiger partial charge in [-0.05, 0) is 36.8 Å². The zero-order valence-electron chi connectivity index (χ0n) is 15.6. The number of nitrogens with zero attached hydrogens (tertiary/aromatic N) is 2. The molecule has 1 unspecified atom stereocenters. The predicted octanol–water partition coefficient (Wildman–Crippen LogP) is 2.36. The number of hydrogen-bond acceptors (Lipinski definition) is 5. The first kappa shape index (κ1) is 20.5. The van der Waals surface area contributed by atoms with Crippen molar-refractivity contribution in [2.24, 2.45) is 0 Å². The van der Waals surface area contributed by atoms with Crippen LogP contribution in [0.1, 0.15) is 22.3 Å². The summed E-state index contributed by atoms with van der Waals surface area (Å²) in [6, 6.07) is 6.36. The SMILES string of the molecule is O=C(Cn1cc(C(=O)c2ccc(F)cc2)c2ccnc(Cl)c21)NC1CCS(=O)(=O)C1. The molecule has 0 aliphatic carbocycles. The lowest BCUT2D eigenvalue weighted by atomic mass is 10.0. The maximum absolute atomic E-state index is 13.2. The Morgan fingerprint density at radius 2 is 1.97 bits per heavy atom. The predicted molar refractivity (Wildman–Crippen MR) is 110 cm³/mol. The number of rotatable bonds is 5. The maximum atomic E-state index is 13.2. The van der Waals surface area contributed by atoms with E-state index in [0.29, 0.717) is 28.5 Å². The quantitative estimate of drug-likeness (QED) is 0.476. The third kappa shape index (κ3) is 4.08. The average molecular weight is 450 g/mol. The molecule has 4 rings (SSSR count). The fourth-order valence-electron chi connectivity index (χ4n) is 3.61. The molecule has 0 saturated carbocycles. The summed E-state index contributed by atoms with van der Waals surface area (Å²) in [6.07, 6.45) is 3.34. The fraction of sp³-hybridized carbons (Fsp3) is 0.250. The van der Waals surface area contributed by atoms with E-state index in [1.165, 1.54) is 41.2 Å². The number of carbonyl (C=O) groups is 2. The minimum atomic E-state index is -3.12. The van der Waals surface area contributed by atoms with Crippen molar-refractivity contribution in [1.82, 2.24) is 14.9 Å². The maximum Gasteiger partial charge on any atom is 0.240 e. The second kappa shape index (κ2) is 7.81. The van der Waals surface area contributed by atoms with Crippen LogP contribution in [0.2, 0.25) is 5.15 Å². The summed E-state index contributed by atoms with van der Waals surface area (Å²) in [6.45, 7) is -0.158. The Morgan fingerprint density at radius 3 is 2.63 bits per heavy atom. The van der Waals surface area contributed by atoms with E-state index in [2.05, 4.69) is 10.3 Å². The molecule has 1 N–H and O–H groups in total. The molecule has 10 heteroatoms. The van der Waals surface area contributed by atoms with Gasteiger partial charge < -0.3 is 9.88 Å². The van der Waals surface area contributed by atoms with Crippen molar-refractivity contribution in [2.45, 2.75) is 19.0 Å². The molecular formula is C20H17ClFN3O4S. The monoisotopic (exact) mass is 449 g/mol. The molecule has 1 atom stereocenters. The number of ketones is 1. The van der Waals surface area contributed by atoms with E-state index in [-0.39, 0.29) is 29.0 Å². The van der Waals surface area contributed by atoms with Crippen LogP contribution >= 0.6 is 11.6 Å². The van der Waals surface area contributed by atoms with Crippen molar-refractivity contribution in [1.29, 1.82) is 0 Å². The first-order valence-corrected chi connectivity index (χ1v) is 11.4. The molecular weight excluding hydrogens is 433 g/mol. The molecule has 7 nitrogen and oxygen atoms in total. The first-order chi connectivity index (χ1) is 14.2. The van der Waals surface area contributed by atoms with Crippen molar-refractivity contribution in [3.8, 4) is 0 Å². The van der Waals surface area contributed by atoms with E-state index in [1.54, 1.807) is 6.07 Å². The number of nitrogens with one attached hydrogen (secondary N) is 1. The van der Waals surface area contributed by atoms with Crippen molar-refractivity contribution >= 4 is 44.0 Å². The van der Waals surface area contributed by atoms with Gasteiger partial charge in [0.05, 0.1) is 17.0 Å². The highest BCUT2D eigenvalue weighted by Crippen LogP contribution is 2.28. The number of amides is 1. The van der Waals surface area contributed by atoms with Gasteiger partial charge in [0.2, 0.25) is 5.91 Å². The third-order valence-electron chi connectivity index (χ3n) is 5.00. The van der Waals surface area contributed by atoms with Crippen molar-refractivity contribution in [2.75, 3.05) is 11.5 Å². The lowest BCUT2D eigenvalue weighted by Gasteiger charge is -2.12. The van der Waals surface area contributed by atoms with E-state index < -0.39 is 27.6 Å². The molecule has 1 fully saturated rings. The van der Waals surface area contributed by atoms with E-state index in [4.69, 9.17) is 11.6 Å². The van der Waals surface area contributed by atoms with Crippen LogP contribution in [0.15, 0.2) is 42.7 Å². The summed E-state index contributed by atoms with van der Waals surface area (Å²) in [5.74, 6) is -1.22. The minimum Gasteiger partial charge on any atom is -0.351 e. The zero-order chi connectivity index (χ0) is 21.5. The molecule has 3 heterocycles. The van der Waals surface area contributed by atoms with Gasteiger partial charge in [0, 0.05) is 34.9 Å². The van der Waals surface area contributed by atoms with Gasteiger partial charge in [-0.25, -0.2) is 17.8 Å². The van der Waals surface area contributed by atoms with Gasteiger partial charge in [0.1, 0.15) is 12.4 Å². The second-order valence-corrected chi connectivity index (χ2v) is 9.76. The molecule has 2 aromatic heterocycles. The van der Waals surface area contributed by atoms with Gasteiger partial charge in [0.25, 0.3) is 0 Å². The van der Waals surface area contributed by atoms with Crippen molar-refractivity contribution in [3.05, 3.63) is 64.8 Å². The van der Waals surface area contributed by atoms with Gasteiger partial charge in [0.15, 0.2) is 20.8 Å². The van der Waals surface area contributed by atoms with Crippen LogP contribution in [0.5, 0.6) is 0 Å². The van der Waals surface area contributed by atoms with E-state index in [1.807, 2.05) is 0 Å². The highest BCUT2D eigenvalue weighted by molar-refractivity contribution is 7.91. The van der Waals surface area contributed by atoms with Gasteiger partial charge in [-0.3, -0.25) is 9.59 Å². The number of pyridine rings is 1. The van der Waals surface area contributed by atoms with Crippen LogP contribution in [-0.2, 0) is 21.2 Å². The largest absolute Gasteiger partial charge is 0.351 e. The zero-order valence-corrected chi connectivity index (χ0v) is 17.2. The normalized spacial score (nSPS) is 17.9. The highest BCUT2D eigenvalue weighted by Gasteiger charge is 2.29. The lowest BCUT2D eigenvalue weighted by Crippen LogP contribution is -2.37. The van der Waals surface area contributed by atoms with Gasteiger partial charge in [-0.1, -0.05) is 11.6 Å². The Balaban J connectivity index is 1.64. The summed E-state index contributed by atoms with van der Waals surface area (Å²) < 4.78 is 37.9. The molecule has 0 bridgehead atoms. The molecule has 1 aliphatic rings. The molecule has 30 heavy (non-hydrogen) atoms. The number of benzene rings is 1. The van der Waals surface area contributed by atoms with E-state index in [9.17, 15) is 22.4 Å². The molecule has 3 aromatic rings. The first-order valence-electron chi connectivity index (χ1n) is 9.17. The Labute approximate surface area is 176 Å². The van der Waals surface area contributed by atoms with Gasteiger partial charge in [-0.15, -0.1) is 0 Å². The molecule has 0 spiro atoms. The van der Waals surface area contributed by atoms with Gasteiger partial charge in [-0.2, -0.15) is 0 Å². The number of halogens is 2. The van der Waals surface area contributed by atoms with Gasteiger partial charge >= 0.3 is 0 Å². The Hall–Kier alpha value is -2.78. The molecule has 156 valence electrons.